The minimum atomic E-state index is -0.921. The second-order valence-electron chi connectivity index (χ2n) is 8.57. The van der Waals surface area contributed by atoms with Crippen LogP contribution in [0.25, 0.3) is 5.52 Å². The molecule has 0 radical (unpaired) electrons. The van der Waals surface area contributed by atoms with Gasteiger partial charge in [-0.05, 0) is 28.8 Å². The number of aromatic nitrogens is 2. The molecule has 2 N–H and O–H groups in total. The van der Waals surface area contributed by atoms with Gasteiger partial charge in [0.25, 0.3) is 11.5 Å². The predicted octanol–water partition coefficient (Wildman–Crippen LogP) is 4.39. The number of nitrogens with zero attached hydrogens (tertiary/aromatic N) is 2. The van der Waals surface area contributed by atoms with E-state index >= 15 is 0 Å². The highest BCUT2D eigenvalue weighted by Crippen LogP contribution is 2.22. The predicted molar refractivity (Wildman–Crippen MR) is 142 cm³/mol. The van der Waals surface area contributed by atoms with Gasteiger partial charge in [-0.1, -0.05) is 84.4 Å². The molecule has 0 fully saturated rings. The van der Waals surface area contributed by atoms with E-state index in [9.17, 15) is 19.5 Å². The average Bonchev–Trinajstić information content (AvgIpc) is 2.91. The van der Waals surface area contributed by atoms with Crippen LogP contribution in [0.3, 0.4) is 0 Å². The van der Waals surface area contributed by atoms with Crippen molar-refractivity contribution in [2.24, 2.45) is 0 Å². The Morgan fingerprint density at radius 3 is 2.16 bits per heavy atom. The molecule has 1 amide bonds. The highest BCUT2D eigenvalue weighted by atomic mass is 35.5. The molecule has 7 nitrogen and oxygen atoms in total. The quantitative estimate of drug-likeness (QED) is 0.353. The lowest BCUT2D eigenvalue weighted by molar-refractivity contribution is 0.0941. The number of carbonyl (C=O) groups excluding carboxylic acids is 1. The summed E-state index contributed by atoms with van der Waals surface area (Å²) in [6.07, 6.45) is 4.31. The van der Waals surface area contributed by atoms with Crippen LogP contribution in [0.5, 0.6) is 5.75 Å². The second-order valence-corrected chi connectivity index (χ2v) is 9.00. The molecular weight excluding hydrogens is 490 g/mol. The topological polar surface area (TPSA) is 92.8 Å². The number of nitrogens with one attached hydrogen (secondary N) is 1. The number of halogens is 1. The van der Waals surface area contributed by atoms with Crippen LogP contribution in [0.2, 0.25) is 5.02 Å². The second kappa shape index (κ2) is 10.2. The van der Waals surface area contributed by atoms with E-state index in [1.165, 1.54) is 27.6 Å². The van der Waals surface area contributed by atoms with Crippen molar-refractivity contribution in [2.45, 2.75) is 12.6 Å². The summed E-state index contributed by atoms with van der Waals surface area (Å²) in [6.45, 7) is 0.196. The Morgan fingerprint density at radius 2 is 1.54 bits per heavy atom. The van der Waals surface area contributed by atoms with Gasteiger partial charge < -0.3 is 19.4 Å². The normalized spacial score (nSPS) is 11.1. The fourth-order valence-corrected chi connectivity index (χ4v) is 4.50. The molecule has 0 atom stereocenters. The Labute approximate surface area is 216 Å². The molecule has 5 aromatic rings. The molecule has 0 unspecified atom stereocenters. The standard InChI is InChI=1S/C29H22ClN3O4/c30-22-13-7-8-19(16-22)17-33-15-14-32-18-23(26(34)27(35)25(32)29(33)37)28(36)31-24(20-9-3-1-4-10-20)21-11-5-2-6-12-21/h1-16,18,24,35H,17H2,(H,31,36). The SMILES string of the molecule is O=C(NC(c1ccccc1)c1ccccc1)c1cn2ccn(Cc3cccc(Cl)c3)c(=O)c2c(O)c1=O. The molecule has 2 aromatic heterocycles. The van der Waals surface area contributed by atoms with Gasteiger partial charge >= 0.3 is 0 Å². The van der Waals surface area contributed by atoms with Crippen LogP contribution in [0, 0.1) is 0 Å². The third kappa shape index (κ3) is 4.90. The lowest BCUT2D eigenvalue weighted by Crippen LogP contribution is -2.34. The average molecular weight is 512 g/mol. The number of aromatic hydroxyl groups is 1. The number of hydrogen-bond acceptors (Lipinski definition) is 4. The Morgan fingerprint density at radius 1 is 0.892 bits per heavy atom. The summed E-state index contributed by atoms with van der Waals surface area (Å²) < 4.78 is 2.66. The van der Waals surface area contributed by atoms with Gasteiger partial charge in [-0.25, -0.2) is 0 Å². The van der Waals surface area contributed by atoms with Crippen molar-refractivity contribution < 1.29 is 9.90 Å². The zero-order valence-electron chi connectivity index (χ0n) is 19.5. The van der Waals surface area contributed by atoms with Crippen LogP contribution in [0.4, 0.5) is 0 Å². The number of benzene rings is 3. The molecule has 0 saturated carbocycles. The molecule has 0 aliphatic rings. The van der Waals surface area contributed by atoms with Crippen LogP contribution < -0.4 is 16.3 Å². The molecule has 0 spiro atoms. The van der Waals surface area contributed by atoms with Gasteiger partial charge in [0.05, 0.1) is 12.6 Å². The highest BCUT2D eigenvalue weighted by molar-refractivity contribution is 6.30. The van der Waals surface area contributed by atoms with E-state index in [4.69, 9.17) is 11.6 Å². The summed E-state index contributed by atoms with van der Waals surface area (Å²) in [5, 5.41) is 14.2. The molecule has 0 aliphatic heterocycles. The van der Waals surface area contributed by atoms with Crippen LogP contribution in [0.15, 0.2) is 113 Å². The third-order valence-corrected chi connectivity index (χ3v) is 6.34. The molecule has 0 aliphatic carbocycles. The van der Waals surface area contributed by atoms with Crippen LogP contribution in [-0.4, -0.2) is 20.0 Å². The first-order valence-corrected chi connectivity index (χ1v) is 11.9. The number of hydrogen-bond donors (Lipinski definition) is 2. The van der Waals surface area contributed by atoms with Crippen LogP contribution in [-0.2, 0) is 6.54 Å². The zero-order chi connectivity index (χ0) is 25.9. The van der Waals surface area contributed by atoms with Crippen molar-refractivity contribution in [3.63, 3.8) is 0 Å². The van der Waals surface area contributed by atoms with Crippen molar-refractivity contribution in [2.75, 3.05) is 0 Å². The van der Waals surface area contributed by atoms with Gasteiger partial charge in [-0.15, -0.1) is 0 Å². The minimum absolute atomic E-state index is 0.196. The summed E-state index contributed by atoms with van der Waals surface area (Å²) in [5.41, 5.74) is 0.454. The number of amides is 1. The largest absolute Gasteiger partial charge is 0.503 e. The van der Waals surface area contributed by atoms with E-state index in [1.807, 2.05) is 66.7 Å². The molecule has 5 rings (SSSR count). The van der Waals surface area contributed by atoms with Gasteiger partial charge in [-0.2, -0.15) is 0 Å². The zero-order valence-corrected chi connectivity index (χ0v) is 20.3. The van der Waals surface area contributed by atoms with E-state index < -0.39 is 28.7 Å². The lowest BCUT2D eigenvalue weighted by atomic mass is 9.98. The summed E-state index contributed by atoms with van der Waals surface area (Å²) in [4.78, 5) is 39.5. The summed E-state index contributed by atoms with van der Waals surface area (Å²) in [5.74, 6) is -1.45. The van der Waals surface area contributed by atoms with Crippen molar-refractivity contribution in [3.8, 4) is 5.75 Å². The highest BCUT2D eigenvalue weighted by Gasteiger charge is 2.23. The fourth-order valence-electron chi connectivity index (χ4n) is 4.28. The van der Waals surface area contributed by atoms with E-state index in [0.29, 0.717) is 5.02 Å². The van der Waals surface area contributed by atoms with E-state index in [2.05, 4.69) is 5.32 Å². The van der Waals surface area contributed by atoms with E-state index in [-0.39, 0.29) is 17.6 Å². The van der Waals surface area contributed by atoms with Crippen molar-refractivity contribution in [1.82, 2.24) is 14.3 Å². The molecule has 37 heavy (non-hydrogen) atoms. The molecule has 184 valence electrons. The first kappa shape index (κ1) is 24.1. The first-order valence-electron chi connectivity index (χ1n) is 11.5. The number of rotatable bonds is 6. The van der Waals surface area contributed by atoms with Gasteiger partial charge in [-0.3, -0.25) is 14.4 Å². The van der Waals surface area contributed by atoms with Gasteiger partial charge in [0.15, 0.2) is 11.3 Å². The maximum Gasteiger partial charge on any atom is 0.279 e. The van der Waals surface area contributed by atoms with Gasteiger partial charge in [0.2, 0.25) is 5.43 Å². The molecule has 8 heteroatoms. The Hall–Kier alpha value is -4.62. The number of carbonyl (C=O) groups is 1. The molecule has 3 aromatic carbocycles. The monoisotopic (exact) mass is 511 g/mol. The van der Waals surface area contributed by atoms with Gasteiger partial charge in [0.1, 0.15) is 5.56 Å². The summed E-state index contributed by atoms with van der Waals surface area (Å²) in [6, 6.07) is 25.2. The smallest absolute Gasteiger partial charge is 0.279 e. The summed E-state index contributed by atoms with van der Waals surface area (Å²) in [7, 11) is 0. The van der Waals surface area contributed by atoms with Crippen LogP contribution >= 0.6 is 11.6 Å². The van der Waals surface area contributed by atoms with E-state index in [1.54, 1.807) is 18.2 Å². The first-order chi connectivity index (χ1) is 17.9. The minimum Gasteiger partial charge on any atom is -0.503 e. The van der Waals surface area contributed by atoms with Crippen molar-refractivity contribution >= 4 is 23.0 Å². The van der Waals surface area contributed by atoms with Crippen molar-refractivity contribution in [3.05, 3.63) is 151 Å². The van der Waals surface area contributed by atoms with Crippen LogP contribution in [0.1, 0.15) is 33.1 Å². The summed E-state index contributed by atoms with van der Waals surface area (Å²) >= 11 is 6.04. The lowest BCUT2D eigenvalue weighted by Gasteiger charge is -2.20. The molecule has 0 saturated heterocycles. The van der Waals surface area contributed by atoms with E-state index in [0.717, 1.165) is 16.7 Å². The Balaban J connectivity index is 1.52. The third-order valence-electron chi connectivity index (χ3n) is 6.11. The number of fused-ring (bicyclic) bond motifs is 1. The molecular formula is C29H22ClN3O4. The number of pyridine rings is 1. The Bertz CT molecular complexity index is 1670. The fraction of sp³-hybridized carbons (Fsp3) is 0.0690. The maximum atomic E-state index is 13.3. The molecule has 2 heterocycles. The molecule has 0 bridgehead atoms. The Kier molecular flexibility index (Phi) is 6.62. The maximum absolute atomic E-state index is 13.3. The van der Waals surface area contributed by atoms with Crippen molar-refractivity contribution in [1.29, 1.82) is 0 Å². The van der Waals surface area contributed by atoms with Gasteiger partial charge in [0, 0.05) is 23.6 Å².